The highest BCUT2D eigenvalue weighted by Gasteiger charge is 2.28. The van der Waals surface area contributed by atoms with Gasteiger partial charge in [0.2, 0.25) is 5.91 Å². The van der Waals surface area contributed by atoms with Crippen molar-refractivity contribution in [2.45, 2.75) is 38.7 Å². The number of aryl methyl sites for hydroxylation is 1. The molecular weight excluding hydrogens is 398 g/mol. The largest absolute Gasteiger partial charge is 0.388 e. The van der Waals surface area contributed by atoms with E-state index in [0.29, 0.717) is 6.42 Å². The van der Waals surface area contributed by atoms with Gasteiger partial charge in [0.05, 0.1) is 6.10 Å². The van der Waals surface area contributed by atoms with E-state index in [9.17, 15) is 9.90 Å². The van der Waals surface area contributed by atoms with Gasteiger partial charge in [-0.2, -0.15) is 0 Å². The van der Waals surface area contributed by atoms with Crippen molar-refractivity contribution in [2.24, 2.45) is 5.92 Å². The first-order valence-corrected chi connectivity index (χ1v) is 12.0. The van der Waals surface area contributed by atoms with E-state index in [2.05, 4.69) is 54.1 Å². The molecule has 1 unspecified atom stereocenters. The zero-order chi connectivity index (χ0) is 22.9. The summed E-state index contributed by atoms with van der Waals surface area (Å²) in [6.45, 7) is 16.0. The lowest BCUT2D eigenvalue weighted by molar-refractivity contribution is -0.133. The summed E-state index contributed by atoms with van der Waals surface area (Å²) in [7, 11) is 0. The average molecular weight is 438 g/mol. The highest BCUT2D eigenvalue weighted by Crippen LogP contribution is 2.26. The molecule has 5 heteroatoms. The normalized spacial score (nSPS) is 19.6. The Kier molecular flexibility index (Phi) is 9.12. The zero-order valence-corrected chi connectivity index (χ0v) is 19.6. The molecule has 0 radical (unpaired) electrons. The predicted molar refractivity (Wildman–Crippen MR) is 133 cm³/mol. The molecular formula is C27H39N3O2. The van der Waals surface area contributed by atoms with Crippen LogP contribution in [-0.2, 0) is 11.2 Å². The second kappa shape index (κ2) is 12.0. The van der Waals surface area contributed by atoms with E-state index in [1.54, 1.807) is 12.2 Å². The maximum Gasteiger partial charge on any atom is 0.223 e. The zero-order valence-electron chi connectivity index (χ0n) is 19.6. The van der Waals surface area contributed by atoms with Gasteiger partial charge in [-0.15, -0.1) is 0 Å². The third-order valence-corrected chi connectivity index (χ3v) is 6.92. The number of allylic oxidation sites excluding steroid dienone is 2. The molecule has 174 valence electrons. The minimum atomic E-state index is -0.530. The molecule has 0 bridgehead atoms. The van der Waals surface area contributed by atoms with Crippen LogP contribution in [0.2, 0.25) is 0 Å². The summed E-state index contributed by atoms with van der Waals surface area (Å²) < 4.78 is 0. The van der Waals surface area contributed by atoms with Gasteiger partial charge in [0, 0.05) is 57.9 Å². The number of aliphatic hydroxyl groups excluding tert-OH is 1. The molecule has 2 fully saturated rings. The summed E-state index contributed by atoms with van der Waals surface area (Å²) in [5.41, 5.74) is 3.50. The van der Waals surface area contributed by atoms with Gasteiger partial charge in [0.25, 0.3) is 0 Å². The molecule has 0 aromatic heterocycles. The number of anilines is 1. The SMILES string of the molecule is C=C/C=C(\C=C)C(O)C1CCN(C(=O)CCN2CCN(c3cccc(CC)c3)CC2)CC1. The number of piperazine rings is 1. The van der Waals surface area contributed by atoms with Gasteiger partial charge < -0.3 is 14.9 Å². The van der Waals surface area contributed by atoms with Gasteiger partial charge in [-0.05, 0) is 48.4 Å². The third-order valence-electron chi connectivity index (χ3n) is 6.92. The Balaban J connectivity index is 1.39. The fourth-order valence-electron chi connectivity index (χ4n) is 4.77. The van der Waals surface area contributed by atoms with Crippen LogP contribution in [0.4, 0.5) is 5.69 Å². The van der Waals surface area contributed by atoms with Crippen LogP contribution in [0.25, 0.3) is 0 Å². The number of hydrogen-bond donors (Lipinski definition) is 1. The fourth-order valence-corrected chi connectivity index (χ4v) is 4.77. The molecule has 0 saturated carbocycles. The molecule has 2 aliphatic heterocycles. The van der Waals surface area contributed by atoms with Crippen molar-refractivity contribution in [2.75, 3.05) is 50.7 Å². The number of piperidine rings is 1. The van der Waals surface area contributed by atoms with Crippen molar-refractivity contribution in [1.29, 1.82) is 0 Å². The van der Waals surface area contributed by atoms with E-state index < -0.39 is 6.10 Å². The number of amides is 1. The molecule has 2 aliphatic rings. The highest BCUT2D eigenvalue weighted by atomic mass is 16.3. The van der Waals surface area contributed by atoms with Gasteiger partial charge >= 0.3 is 0 Å². The Morgan fingerprint density at radius 1 is 1.16 bits per heavy atom. The second-order valence-electron chi connectivity index (χ2n) is 8.87. The van der Waals surface area contributed by atoms with Gasteiger partial charge in [0.1, 0.15) is 0 Å². The number of carbonyl (C=O) groups excluding carboxylic acids is 1. The molecule has 1 N–H and O–H groups in total. The molecule has 1 aromatic rings. The number of likely N-dealkylation sites (tertiary alicyclic amines) is 1. The smallest absolute Gasteiger partial charge is 0.223 e. The van der Waals surface area contributed by atoms with Crippen LogP contribution < -0.4 is 4.90 Å². The van der Waals surface area contributed by atoms with Gasteiger partial charge in [-0.25, -0.2) is 0 Å². The van der Waals surface area contributed by atoms with Crippen LogP contribution in [-0.4, -0.2) is 72.7 Å². The lowest BCUT2D eigenvalue weighted by Gasteiger charge is -2.37. The molecule has 0 spiro atoms. The Bertz CT molecular complexity index is 803. The first-order valence-electron chi connectivity index (χ1n) is 12.0. The van der Waals surface area contributed by atoms with Crippen LogP contribution in [0.1, 0.15) is 31.7 Å². The first-order chi connectivity index (χ1) is 15.5. The Morgan fingerprint density at radius 2 is 1.88 bits per heavy atom. The molecule has 2 heterocycles. The number of rotatable bonds is 9. The predicted octanol–water partition coefficient (Wildman–Crippen LogP) is 3.66. The van der Waals surface area contributed by atoms with Crippen molar-refractivity contribution in [3.8, 4) is 0 Å². The summed E-state index contributed by atoms with van der Waals surface area (Å²) in [6.07, 6.45) is 7.95. The lowest BCUT2D eigenvalue weighted by Crippen LogP contribution is -2.48. The van der Waals surface area contributed by atoms with Crippen molar-refractivity contribution in [1.82, 2.24) is 9.80 Å². The molecule has 1 amide bonds. The number of benzene rings is 1. The molecule has 0 aliphatic carbocycles. The number of carbonyl (C=O) groups is 1. The van der Waals surface area contributed by atoms with Crippen LogP contribution in [0, 0.1) is 5.92 Å². The maximum absolute atomic E-state index is 12.8. The monoisotopic (exact) mass is 437 g/mol. The van der Waals surface area contributed by atoms with E-state index in [-0.39, 0.29) is 11.8 Å². The lowest BCUT2D eigenvalue weighted by atomic mass is 9.87. The van der Waals surface area contributed by atoms with E-state index in [1.165, 1.54) is 11.3 Å². The highest BCUT2D eigenvalue weighted by molar-refractivity contribution is 5.76. The van der Waals surface area contributed by atoms with Crippen molar-refractivity contribution in [3.63, 3.8) is 0 Å². The van der Waals surface area contributed by atoms with E-state index in [0.717, 1.165) is 70.6 Å². The van der Waals surface area contributed by atoms with E-state index in [1.807, 2.05) is 11.0 Å². The topological polar surface area (TPSA) is 47.0 Å². The van der Waals surface area contributed by atoms with Gasteiger partial charge in [-0.1, -0.05) is 50.4 Å². The average Bonchev–Trinajstić information content (AvgIpc) is 2.85. The molecule has 2 saturated heterocycles. The van der Waals surface area contributed by atoms with Crippen LogP contribution in [0.3, 0.4) is 0 Å². The summed E-state index contributed by atoms with van der Waals surface area (Å²) in [5, 5.41) is 10.6. The van der Waals surface area contributed by atoms with Crippen LogP contribution >= 0.6 is 0 Å². The van der Waals surface area contributed by atoms with Crippen molar-refractivity contribution in [3.05, 3.63) is 66.8 Å². The van der Waals surface area contributed by atoms with E-state index >= 15 is 0 Å². The third kappa shape index (κ3) is 6.33. The number of hydrogen-bond acceptors (Lipinski definition) is 4. The quantitative estimate of drug-likeness (QED) is 0.599. The molecule has 32 heavy (non-hydrogen) atoms. The molecule has 3 rings (SSSR count). The van der Waals surface area contributed by atoms with Crippen molar-refractivity contribution < 1.29 is 9.90 Å². The Hall–Kier alpha value is -2.37. The van der Waals surface area contributed by atoms with Gasteiger partial charge in [0.15, 0.2) is 0 Å². The van der Waals surface area contributed by atoms with Crippen LogP contribution in [0.5, 0.6) is 0 Å². The van der Waals surface area contributed by atoms with E-state index in [4.69, 9.17) is 0 Å². The summed E-state index contributed by atoms with van der Waals surface area (Å²) >= 11 is 0. The number of nitrogens with zero attached hydrogens (tertiary/aromatic N) is 3. The summed E-state index contributed by atoms with van der Waals surface area (Å²) in [4.78, 5) is 19.6. The fraction of sp³-hybridized carbons (Fsp3) is 0.519. The Morgan fingerprint density at radius 3 is 2.50 bits per heavy atom. The molecule has 1 aromatic carbocycles. The molecule has 1 atom stereocenters. The standard InChI is InChI=1S/C27H39N3O2/c1-4-8-23(6-3)27(32)24-11-15-30(16-12-24)26(31)13-14-28-17-19-29(20-18-28)25-10-7-9-22(5-2)21-25/h4,6-10,21,24,27,32H,1,3,5,11-20H2,2H3/b23-8+. The minimum Gasteiger partial charge on any atom is -0.388 e. The summed E-state index contributed by atoms with van der Waals surface area (Å²) in [5.74, 6) is 0.407. The minimum absolute atomic E-state index is 0.169. The van der Waals surface area contributed by atoms with Crippen molar-refractivity contribution >= 4 is 11.6 Å². The maximum atomic E-state index is 12.8. The second-order valence-corrected chi connectivity index (χ2v) is 8.87. The molecule has 5 nitrogen and oxygen atoms in total. The first kappa shape index (κ1) is 24.3. The summed E-state index contributed by atoms with van der Waals surface area (Å²) in [6, 6.07) is 8.83. The number of aliphatic hydroxyl groups is 1. The van der Waals surface area contributed by atoms with Gasteiger partial charge in [-0.3, -0.25) is 9.69 Å². The Labute approximate surface area is 193 Å². The van der Waals surface area contributed by atoms with Crippen LogP contribution in [0.15, 0.2) is 61.2 Å².